The number of carbonyl (C=O) groups excluding carboxylic acids is 2. The fourth-order valence-corrected chi connectivity index (χ4v) is 6.61. The van der Waals surface area contributed by atoms with Crippen LogP contribution in [0, 0.1) is 5.92 Å². The quantitative estimate of drug-likeness (QED) is 0.171. The Labute approximate surface area is 286 Å². The second-order valence-corrected chi connectivity index (χ2v) is 12.3. The third kappa shape index (κ3) is 7.30. The number of benzene rings is 2. The zero-order valence-corrected chi connectivity index (χ0v) is 29.3. The summed E-state index contributed by atoms with van der Waals surface area (Å²) in [5, 5.41) is 10.4. The number of hydrogen-bond donors (Lipinski definition) is 3. The maximum Gasteiger partial charge on any atom is 0.242 e. The lowest BCUT2D eigenvalue weighted by molar-refractivity contribution is -0.123. The molecule has 1 heterocycles. The molecule has 0 bridgehead atoms. The van der Waals surface area contributed by atoms with Crippen molar-refractivity contribution in [3.05, 3.63) is 76.1 Å². The molecule has 260 valence electrons. The first kappa shape index (κ1) is 35.1. The summed E-state index contributed by atoms with van der Waals surface area (Å²) in [6.45, 7) is 6.45. The summed E-state index contributed by atoms with van der Waals surface area (Å²) in [6, 6.07) is 13.9. The SMILES string of the molecule is CCC(C)C(Nc1ccc2c(cc1=O)C(NC(C)=O)CCc1cc(OC)c(OC)c(OC)c1-2)C(=O)NCCn1ccc2cc(OC)ccc21. The van der Waals surface area contributed by atoms with Crippen molar-refractivity contribution in [1.29, 1.82) is 0 Å². The molecule has 1 aliphatic rings. The second kappa shape index (κ2) is 15.4. The standard InChI is InChI=1S/C38H46N4O7/c1-8-22(2)35(38(45)39-16-18-42-17-15-24-19-26(46-4)10-14-31(24)42)41-30-13-11-27-28(21-32(30)44)29(40-23(3)43)12-9-25-20-33(47-5)36(48-6)37(49-7)34(25)27/h10-11,13-15,17,19-22,29,35H,8-9,12,16,18H2,1-7H3,(H,39,45)(H,40,43)(H,41,44). The lowest BCUT2D eigenvalue weighted by atomic mass is 9.95. The van der Waals surface area contributed by atoms with Gasteiger partial charge in [0.15, 0.2) is 11.5 Å². The largest absolute Gasteiger partial charge is 0.497 e. The first-order valence-corrected chi connectivity index (χ1v) is 16.6. The van der Waals surface area contributed by atoms with Crippen molar-refractivity contribution in [3.8, 4) is 34.1 Å². The van der Waals surface area contributed by atoms with Crippen LogP contribution >= 0.6 is 0 Å². The van der Waals surface area contributed by atoms with E-state index in [0.717, 1.165) is 39.8 Å². The molecule has 5 rings (SSSR count). The van der Waals surface area contributed by atoms with Crippen molar-refractivity contribution >= 4 is 28.4 Å². The minimum atomic E-state index is -0.664. The Morgan fingerprint density at radius 1 is 0.959 bits per heavy atom. The van der Waals surface area contributed by atoms with Gasteiger partial charge in [0.05, 0.1) is 40.2 Å². The van der Waals surface area contributed by atoms with Crippen LogP contribution < -0.4 is 40.3 Å². The van der Waals surface area contributed by atoms with Crippen LogP contribution in [0.5, 0.6) is 23.0 Å². The number of nitrogens with zero attached hydrogens (tertiary/aromatic N) is 1. The molecule has 1 aliphatic carbocycles. The summed E-state index contributed by atoms with van der Waals surface area (Å²) in [4.78, 5) is 39.9. The van der Waals surface area contributed by atoms with Crippen molar-refractivity contribution in [2.75, 3.05) is 40.3 Å². The highest BCUT2D eigenvalue weighted by atomic mass is 16.5. The van der Waals surface area contributed by atoms with Gasteiger partial charge in [0, 0.05) is 42.7 Å². The summed E-state index contributed by atoms with van der Waals surface area (Å²) in [5.74, 6) is 1.74. The summed E-state index contributed by atoms with van der Waals surface area (Å²) in [5.41, 5.74) is 4.09. The number of rotatable bonds is 13. The van der Waals surface area contributed by atoms with Gasteiger partial charge in [-0.1, -0.05) is 26.3 Å². The number of aryl methyl sites for hydroxylation is 1. The molecule has 3 aromatic carbocycles. The minimum absolute atomic E-state index is 0.0766. The maximum absolute atomic E-state index is 13.9. The predicted molar refractivity (Wildman–Crippen MR) is 191 cm³/mol. The lowest BCUT2D eigenvalue weighted by Gasteiger charge is -2.24. The summed E-state index contributed by atoms with van der Waals surface area (Å²) in [7, 11) is 6.32. The monoisotopic (exact) mass is 670 g/mol. The highest BCUT2D eigenvalue weighted by Crippen LogP contribution is 2.50. The van der Waals surface area contributed by atoms with Crippen LogP contribution in [-0.2, 0) is 22.6 Å². The minimum Gasteiger partial charge on any atom is -0.497 e. The number of ether oxygens (including phenoxy) is 4. The van der Waals surface area contributed by atoms with Crippen LogP contribution in [0.2, 0.25) is 0 Å². The van der Waals surface area contributed by atoms with E-state index in [1.165, 1.54) is 6.92 Å². The molecule has 0 spiro atoms. The van der Waals surface area contributed by atoms with Crippen molar-refractivity contribution in [2.24, 2.45) is 5.92 Å². The van der Waals surface area contributed by atoms with E-state index in [2.05, 4.69) is 20.5 Å². The molecular weight excluding hydrogens is 624 g/mol. The number of anilines is 1. The van der Waals surface area contributed by atoms with Crippen LogP contribution in [0.25, 0.3) is 22.0 Å². The van der Waals surface area contributed by atoms with Gasteiger partial charge in [-0.25, -0.2) is 0 Å². The van der Waals surface area contributed by atoms with Crippen LogP contribution in [0.4, 0.5) is 5.69 Å². The smallest absolute Gasteiger partial charge is 0.242 e. The molecule has 3 N–H and O–H groups in total. The molecule has 3 atom stereocenters. The second-order valence-electron chi connectivity index (χ2n) is 12.3. The van der Waals surface area contributed by atoms with Gasteiger partial charge in [0.25, 0.3) is 0 Å². The van der Waals surface area contributed by atoms with E-state index in [4.69, 9.17) is 18.9 Å². The van der Waals surface area contributed by atoms with Gasteiger partial charge < -0.3 is 39.5 Å². The number of nitrogens with one attached hydrogen (secondary N) is 3. The zero-order valence-electron chi connectivity index (χ0n) is 29.3. The Morgan fingerprint density at radius 3 is 2.41 bits per heavy atom. The average molecular weight is 671 g/mol. The van der Waals surface area contributed by atoms with E-state index in [0.29, 0.717) is 48.7 Å². The van der Waals surface area contributed by atoms with Gasteiger partial charge in [-0.2, -0.15) is 0 Å². The molecule has 49 heavy (non-hydrogen) atoms. The Balaban J connectivity index is 1.48. The molecule has 0 saturated heterocycles. The molecule has 3 unspecified atom stereocenters. The summed E-state index contributed by atoms with van der Waals surface area (Å²) >= 11 is 0. The normalized spacial score (nSPS) is 14.8. The molecule has 1 aromatic heterocycles. The summed E-state index contributed by atoms with van der Waals surface area (Å²) in [6.07, 6.45) is 3.85. The van der Waals surface area contributed by atoms with Crippen molar-refractivity contribution in [1.82, 2.24) is 15.2 Å². The van der Waals surface area contributed by atoms with E-state index in [1.54, 1.807) is 40.6 Å². The van der Waals surface area contributed by atoms with Crippen molar-refractivity contribution < 1.29 is 28.5 Å². The number of hydrogen-bond acceptors (Lipinski definition) is 8. The van der Waals surface area contributed by atoms with Crippen molar-refractivity contribution in [2.45, 2.75) is 58.7 Å². The number of amides is 2. The predicted octanol–water partition coefficient (Wildman–Crippen LogP) is 5.47. The van der Waals surface area contributed by atoms with E-state index in [1.807, 2.05) is 56.4 Å². The lowest BCUT2D eigenvalue weighted by Crippen LogP contribution is -2.45. The Morgan fingerprint density at radius 2 is 1.73 bits per heavy atom. The van der Waals surface area contributed by atoms with E-state index in [-0.39, 0.29) is 28.8 Å². The van der Waals surface area contributed by atoms with Crippen LogP contribution in [0.15, 0.2) is 59.5 Å². The fraction of sp³-hybridized carbons (Fsp3) is 0.395. The number of aromatic nitrogens is 1. The maximum atomic E-state index is 13.9. The van der Waals surface area contributed by atoms with Gasteiger partial charge in [-0.05, 0) is 77.9 Å². The van der Waals surface area contributed by atoms with E-state index >= 15 is 0 Å². The Hall–Kier alpha value is -5.19. The third-order valence-electron chi connectivity index (χ3n) is 9.35. The molecule has 0 radical (unpaired) electrons. The molecule has 0 saturated carbocycles. The van der Waals surface area contributed by atoms with E-state index < -0.39 is 12.1 Å². The van der Waals surface area contributed by atoms with Crippen molar-refractivity contribution in [3.63, 3.8) is 0 Å². The number of methoxy groups -OCH3 is 4. The van der Waals surface area contributed by atoms with Gasteiger partial charge in [0.1, 0.15) is 11.8 Å². The number of carbonyl (C=O) groups is 2. The fourth-order valence-electron chi connectivity index (χ4n) is 6.61. The molecule has 4 aromatic rings. The first-order valence-electron chi connectivity index (χ1n) is 16.6. The first-order chi connectivity index (χ1) is 23.6. The van der Waals surface area contributed by atoms with Gasteiger partial charge in [0.2, 0.25) is 23.0 Å². The van der Waals surface area contributed by atoms with Gasteiger partial charge in [-0.15, -0.1) is 0 Å². The molecular formula is C38H46N4O7. The van der Waals surface area contributed by atoms with Crippen LogP contribution in [-0.4, -0.2) is 57.4 Å². The third-order valence-corrected chi connectivity index (χ3v) is 9.35. The highest BCUT2D eigenvalue weighted by molar-refractivity contribution is 5.86. The molecule has 0 aliphatic heterocycles. The molecule has 11 nitrogen and oxygen atoms in total. The van der Waals surface area contributed by atoms with E-state index in [9.17, 15) is 14.4 Å². The average Bonchev–Trinajstić information content (AvgIpc) is 3.36. The van der Waals surface area contributed by atoms with Crippen LogP contribution in [0.3, 0.4) is 0 Å². The molecule has 2 amide bonds. The highest BCUT2D eigenvalue weighted by Gasteiger charge is 2.30. The van der Waals surface area contributed by atoms with Gasteiger partial charge >= 0.3 is 0 Å². The Bertz CT molecular complexity index is 1900. The topological polar surface area (TPSA) is 129 Å². The molecule has 11 heteroatoms. The zero-order chi connectivity index (χ0) is 35.2. The molecule has 0 fully saturated rings. The van der Waals surface area contributed by atoms with Crippen LogP contribution in [0.1, 0.15) is 50.8 Å². The Kier molecular flexibility index (Phi) is 11.0. The number of fused-ring (bicyclic) bond motifs is 4. The van der Waals surface area contributed by atoms with Gasteiger partial charge in [-0.3, -0.25) is 14.4 Å². The summed E-state index contributed by atoms with van der Waals surface area (Å²) < 4.78 is 24.6.